The minimum Gasteiger partial charge on any atom is -0.493 e. The molecule has 2 aromatic rings. The van der Waals surface area contributed by atoms with Crippen molar-refractivity contribution in [1.82, 2.24) is 9.97 Å². The molecule has 6 nitrogen and oxygen atoms in total. The minimum absolute atomic E-state index is 0.0148. The molecule has 1 aromatic carbocycles. The highest BCUT2D eigenvalue weighted by molar-refractivity contribution is 5.92. The molecule has 0 radical (unpaired) electrons. The normalized spacial score (nSPS) is 10.1. The van der Waals surface area contributed by atoms with Gasteiger partial charge in [-0.2, -0.15) is 0 Å². The zero-order valence-electron chi connectivity index (χ0n) is 11.2. The van der Waals surface area contributed by atoms with Crippen molar-refractivity contribution in [2.75, 3.05) is 7.11 Å². The van der Waals surface area contributed by atoms with Crippen molar-refractivity contribution in [2.24, 2.45) is 0 Å². The number of hydrogen-bond acceptors (Lipinski definition) is 5. The van der Waals surface area contributed by atoms with E-state index in [1.54, 1.807) is 18.2 Å². The molecule has 20 heavy (non-hydrogen) atoms. The predicted molar refractivity (Wildman–Crippen MR) is 71.4 cm³/mol. The van der Waals surface area contributed by atoms with Gasteiger partial charge < -0.3 is 14.6 Å². The standard InChI is InChI=1S/C14H14N2O4/c1-3-9-7-12(16-8-15-9)20-13-10(14(17)18)5-4-6-11(13)19-2/h4-8H,3H2,1-2H3,(H,17,18). The van der Waals surface area contributed by atoms with Gasteiger partial charge in [-0.25, -0.2) is 14.8 Å². The number of nitrogens with zero attached hydrogens (tertiary/aromatic N) is 2. The van der Waals surface area contributed by atoms with Crippen molar-refractivity contribution in [3.05, 3.63) is 41.9 Å². The van der Waals surface area contributed by atoms with E-state index < -0.39 is 5.97 Å². The highest BCUT2D eigenvalue weighted by atomic mass is 16.5. The van der Waals surface area contributed by atoms with Gasteiger partial charge in [0, 0.05) is 11.8 Å². The van der Waals surface area contributed by atoms with E-state index in [1.165, 1.54) is 19.5 Å². The molecule has 6 heteroatoms. The Hall–Kier alpha value is -2.63. The second-order valence-electron chi connectivity index (χ2n) is 3.95. The summed E-state index contributed by atoms with van der Waals surface area (Å²) in [4.78, 5) is 19.3. The van der Waals surface area contributed by atoms with Gasteiger partial charge in [0.2, 0.25) is 5.88 Å². The average Bonchev–Trinajstić information content (AvgIpc) is 2.47. The second-order valence-corrected chi connectivity index (χ2v) is 3.95. The van der Waals surface area contributed by atoms with E-state index in [0.717, 1.165) is 12.1 Å². The third kappa shape index (κ3) is 2.85. The summed E-state index contributed by atoms with van der Waals surface area (Å²) in [6.45, 7) is 1.96. The van der Waals surface area contributed by atoms with Crippen LogP contribution in [0.5, 0.6) is 17.4 Å². The lowest BCUT2D eigenvalue weighted by Gasteiger charge is -2.12. The number of aryl methyl sites for hydroxylation is 1. The molecule has 0 amide bonds. The van der Waals surface area contributed by atoms with Crippen LogP contribution in [0.3, 0.4) is 0 Å². The SMILES string of the molecule is CCc1cc(Oc2c(OC)cccc2C(=O)O)ncn1. The van der Waals surface area contributed by atoms with Crippen LogP contribution in [0.25, 0.3) is 0 Å². The van der Waals surface area contributed by atoms with Gasteiger partial charge in [0.25, 0.3) is 0 Å². The monoisotopic (exact) mass is 274 g/mol. The molecule has 1 heterocycles. The first-order chi connectivity index (χ1) is 9.65. The molecule has 2 rings (SSSR count). The Morgan fingerprint density at radius 2 is 2.15 bits per heavy atom. The molecular weight excluding hydrogens is 260 g/mol. The van der Waals surface area contributed by atoms with Gasteiger partial charge in [-0.3, -0.25) is 0 Å². The van der Waals surface area contributed by atoms with Crippen LogP contribution in [0.15, 0.2) is 30.6 Å². The molecule has 0 saturated heterocycles. The number of carbonyl (C=O) groups is 1. The maximum Gasteiger partial charge on any atom is 0.339 e. The fourth-order valence-corrected chi connectivity index (χ4v) is 1.68. The highest BCUT2D eigenvalue weighted by Gasteiger charge is 2.17. The minimum atomic E-state index is -1.09. The van der Waals surface area contributed by atoms with Crippen molar-refractivity contribution in [3.8, 4) is 17.4 Å². The van der Waals surface area contributed by atoms with Gasteiger partial charge in [-0.15, -0.1) is 0 Å². The number of benzene rings is 1. The van der Waals surface area contributed by atoms with Crippen LogP contribution in [0, 0.1) is 0 Å². The molecule has 0 unspecified atom stereocenters. The first kappa shape index (κ1) is 13.8. The zero-order valence-corrected chi connectivity index (χ0v) is 11.2. The molecule has 1 N–H and O–H groups in total. The maximum absolute atomic E-state index is 11.2. The predicted octanol–water partition coefficient (Wildman–Crippen LogP) is 2.54. The number of ether oxygens (including phenoxy) is 2. The molecule has 0 aliphatic heterocycles. The number of aromatic nitrogens is 2. The van der Waals surface area contributed by atoms with Gasteiger partial charge in [-0.1, -0.05) is 13.0 Å². The third-order valence-corrected chi connectivity index (χ3v) is 2.70. The van der Waals surface area contributed by atoms with E-state index in [1.807, 2.05) is 6.92 Å². The van der Waals surface area contributed by atoms with Crippen LogP contribution >= 0.6 is 0 Å². The van der Waals surface area contributed by atoms with E-state index in [9.17, 15) is 9.90 Å². The van der Waals surface area contributed by atoms with Crippen LogP contribution in [0.4, 0.5) is 0 Å². The first-order valence-electron chi connectivity index (χ1n) is 6.04. The molecule has 0 saturated carbocycles. The van der Waals surface area contributed by atoms with Crippen molar-refractivity contribution in [3.63, 3.8) is 0 Å². The third-order valence-electron chi connectivity index (χ3n) is 2.70. The van der Waals surface area contributed by atoms with Crippen LogP contribution in [-0.2, 0) is 6.42 Å². The maximum atomic E-state index is 11.2. The Morgan fingerprint density at radius 1 is 1.35 bits per heavy atom. The number of aromatic carboxylic acids is 1. The summed E-state index contributed by atoms with van der Waals surface area (Å²) < 4.78 is 10.7. The Morgan fingerprint density at radius 3 is 2.80 bits per heavy atom. The van der Waals surface area contributed by atoms with Crippen LogP contribution < -0.4 is 9.47 Å². The van der Waals surface area contributed by atoms with Crippen LogP contribution in [0.1, 0.15) is 23.0 Å². The van der Waals surface area contributed by atoms with Crippen molar-refractivity contribution < 1.29 is 19.4 Å². The van der Waals surface area contributed by atoms with E-state index in [4.69, 9.17) is 9.47 Å². The molecule has 1 aromatic heterocycles. The molecular formula is C14H14N2O4. The lowest BCUT2D eigenvalue weighted by atomic mass is 10.2. The van der Waals surface area contributed by atoms with Crippen molar-refractivity contribution >= 4 is 5.97 Å². The summed E-state index contributed by atoms with van der Waals surface area (Å²) in [6.07, 6.45) is 2.11. The van der Waals surface area contributed by atoms with Crippen LogP contribution in [0.2, 0.25) is 0 Å². The molecule has 0 atom stereocenters. The second kappa shape index (κ2) is 6.01. The van der Waals surface area contributed by atoms with E-state index in [0.29, 0.717) is 5.75 Å². The Bertz CT molecular complexity index is 628. The number of carboxylic acid groups (broad SMARTS) is 1. The molecule has 104 valence electrons. The lowest BCUT2D eigenvalue weighted by Crippen LogP contribution is -2.03. The van der Waals surface area contributed by atoms with Crippen molar-refractivity contribution in [1.29, 1.82) is 0 Å². The number of hydrogen-bond donors (Lipinski definition) is 1. The van der Waals surface area contributed by atoms with Gasteiger partial charge in [0.15, 0.2) is 11.5 Å². The number of methoxy groups -OCH3 is 1. The molecule has 0 aliphatic carbocycles. The summed E-state index contributed by atoms with van der Waals surface area (Å²) in [5.41, 5.74) is 0.822. The summed E-state index contributed by atoms with van der Waals surface area (Å²) in [5, 5.41) is 9.20. The smallest absolute Gasteiger partial charge is 0.339 e. The van der Waals surface area contributed by atoms with Gasteiger partial charge in [0.1, 0.15) is 11.9 Å². The quantitative estimate of drug-likeness (QED) is 0.902. The Balaban J connectivity index is 2.43. The highest BCUT2D eigenvalue weighted by Crippen LogP contribution is 2.34. The fraction of sp³-hybridized carbons (Fsp3) is 0.214. The molecule has 0 bridgehead atoms. The number of carboxylic acids is 1. The molecule has 0 aliphatic rings. The molecule has 0 fully saturated rings. The Kier molecular flexibility index (Phi) is 4.14. The molecule has 0 spiro atoms. The summed E-state index contributed by atoms with van der Waals surface area (Å²) in [5.74, 6) is -0.350. The average molecular weight is 274 g/mol. The topological polar surface area (TPSA) is 81.5 Å². The first-order valence-corrected chi connectivity index (χ1v) is 6.04. The summed E-state index contributed by atoms with van der Waals surface area (Å²) in [7, 11) is 1.45. The van der Waals surface area contributed by atoms with E-state index in [-0.39, 0.29) is 17.2 Å². The largest absolute Gasteiger partial charge is 0.493 e. The lowest BCUT2D eigenvalue weighted by molar-refractivity contribution is 0.0693. The van der Waals surface area contributed by atoms with Gasteiger partial charge >= 0.3 is 5.97 Å². The number of para-hydroxylation sites is 1. The number of rotatable bonds is 5. The van der Waals surface area contributed by atoms with E-state index >= 15 is 0 Å². The zero-order chi connectivity index (χ0) is 14.5. The summed E-state index contributed by atoms with van der Waals surface area (Å²) >= 11 is 0. The van der Waals surface area contributed by atoms with Crippen molar-refractivity contribution in [2.45, 2.75) is 13.3 Å². The van der Waals surface area contributed by atoms with Gasteiger partial charge in [-0.05, 0) is 18.6 Å². The van der Waals surface area contributed by atoms with Gasteiger partial charge in [0.05, 0.1) is 7.11 Å². The Labute approximate surface area is 116 Å². The van der Waals surface area contributed by atoms with E-state index in [2.05, 4.69) is 9.97 Å². The van der Waals surface area contributed by atoms with Crippen LogP contribution in [-0.4, -0.2) is 28.2 Å². The summed E-state index contributed by atoms with van der Waals surface area (Å²) in [6, 6.07) is 6.33. The fourth-order valence-electron chi connectivity index (χ4n) is 1.68.